The van der Waals surface area contributed by atoms with Gasteiger partial charge in [-0.2, -0.15) is 0 Å². The number of amides is 2. The minimum atomic E-state index is -1.07. The molecule has 3 heterocycles. The van der Waals surface area contributed by atoms with Gasteiger partial charge in [-0.15, -0.1) is 6.58 Å². The van der Waals surface area contributed by atoms with E-state index in [0.29, 0.717) is 25.8 Å². The normalized spacial score (nSPS) is 31.9. The largest absolute Gasteiger partial charge is 0.466 e. The topological polar surface area (TPSA) is 96.4 Å². The number of esters is 1. The number of hydrogen-bond donors (Lipinski definition) is 1. The molecule has 1 spiro atoms. The number of carbonyl (C=O) groups is 3. The number of fused-ring (bicyclic) bond motifs is 1. The van der Waals surface area contributed by atoms with Crippen LogP contribution in [0.2, 0.25) is 0 Å². The average molecular weight is 451 g/mol. The van der Waals surface area contributed by atoms with Crippen molar-refractivity contribution >= 4 is 17.8 Å². The van der Waals surface area contributed by atoms with Crippen molar-refractivity contribution in [3.63, 3.8) is 0 Å². The molecule has 3 aliphatic heterocycles. The van der Waals surface area contributed by atoms with Gasteiger partial charge < -0.3 is 24.4 Å². The summed E-state index contributed by atoms with van der Waals surface area (Å²) in [7, 11) is 0. The molecule has 32 heavy (non-hydrogen) atoms. The first kappa shape index (κ1) is 24.7. The zero-order valence-electron chi connectivity index (χ0n) is 20.0. The summed E-state index contributed by atoms with van der Waals surface area (Å²) >= 11 is 0. The quantitative estimate of drug-likeness (QED) is 0.402. The second kappa shape index (κ2) is 9.51. The monoisotopic (exact) mass is 450 g/mol. The Bertz CT molecular complexity index is 753. The van der Waals surface area contributed by atoms with Crippen LogP contribution in [0.15, 0.2) is 12.7 Å². The van der Waals surface area contributed by atoms with Gasteiger partial charge in [0.05, 0.1) is 37.2 Å². The maximum absolute atomic E-state index is 14.0. The summed E-state index contributed by atoms with van der Waals surface area (Å²) < 4.78 is 11.7. The van der Waals surface area contributed by atoms with Crippen molar-refractivity contribution in [1.82, 2.24) is 9.80 Å². The van der Waals surface area contributed by atoms with Crippen LogP contribution in [-0.4, -0.2) is 82.3 Å². The fraction of sp³-hybridized carbons (Fsp3) is 0.792. The van der Waals surface area contributed by atoms with E-state index in [2.05, 4.69) is 6.58 Å². The number of likely N-dealkylation sites (tertiary alicyclic amines) is 1. The highest BCUT2D eigenvalue weighted by atomic mass is 16.6. The van der Waals surface area contributed by atoms with Gasteiger partial charge in [0, 0.05) is 12.6 Å². The summed E-state index contributed by atoms with van der Waals surface area (Å²) in [5.74, 6) is -2.23. The summed E-state index contributed by atoms with van der Waals surface area (Å²) in [5.41, 5.74) is -1.07. The van der Waals surface area contributed by atoms with Gasteiger partial charge in [-0.25, -0.2) is 0 Å². The van der Waals surface area contributed by atoms with Gasteiger partial charge in [0.2, 0.25) is 11.8 Å². The molecule has 2 amide bonds. The van der Waals surface area contributed by atoms with Crippen molar-refractivity contribution < 1.29 is 29.0 Å². The van der Waals surface area contributed by atoms with Crippen LogP contribution >= 0.6 is 0 Å². The summed E-state index contributed by atoms with van der Waals surface area (Å²) in [5, 5.41) is 10.2. The van der Waals surface area contributed by atoms with Gasteiger partial charge in [-0.3, -0.25) is 14.4 Å². The molecule has 3 aliphatic rings. The fourth-order valence-corrected chi connectivity index (χ4v) is 5.94. The highest BCUT2D eigenvalue weighted by molar-refractivity contribution is 5.98. The van der Waals surface area contributed by atoms with Gasteiger partial charge in [0.25, 0.3) is 0 Å². The van der Waals surface area contributed by atoms with E-state index in [1.165, 1.54) is 0 Å². The third kappa shape index (κ3) is 3.85. The maximum Gasteiger partial charge on any atom is 0.312 e. The molecule has 0 aromatic carbocycles. The minimum Gasteiger partial charge on any atom is -0.466 e. The fourth-order valence-electron chi connectivity index (χ4n) is 5.94. The number of ether oxygens (including phenoxy) is 2. The van der Waals surface area contributed by atoms with Crippen molar-refractivity contribution in [2.24, 2.45) is 17.8 Å². The second-order valence-electron chi connectivity index (χ2n) is 9.89. The van der Waals surface area contributed by atoms with Crippen molar-refractivity contribution in [3.8, 4) is 0 Å². The Kier molecular flexibility index (Phi) is 7.34. The van der Waals surface area contributed by atoms with E-state index in [4.69, 9.17) is 9.47 Å². The number of carbonyl (C=O) groups excluding carboxylic acids is 3. The Morgan fingerprint density at radius 2 is 2.06 bits per heavy atom. The molecule has 180 valence electrons. The number of rotatable bonds is 10. The lowest BCUT2D eigenvalue weighted by molar-refractivity contribution is -0.156. The van der Waals surface area contributed by atoms with Crippen LogP contribution in [0, 0.1) is 17.8 Å². The van der Waals surface area contributed by atoms with Gasteiger partial charge >= 0.3 is 5.97 Å². The van der Waals surface area contributed by atoms with Crippen LogP contribution < -0.4 is 0 Å². The third-order valence-corrected chi connectivity index (χ3v) is 7.11. The molecule has 3 saturated heterocycles. The number of aliphatic hydroxyl groups excluding tert-OH is 1. The van der Waals surface area contributed by atoms with E-state index in [1.807, 2.05) is 27.7 Å². The number of hydrogen-bond acceptors (Lipinski definition) is 6. The van der Waals surface area contributed by atoms with E-state index in [9.17, 15) is 19.5 Å². The lowest BCUT2D eigenvalue weighted by atomic mass is 9.70. The molecule has 8 heteroatoms. The average Bonchev–Trinajstić information content (AvgIpc) is 3.37. The summed E-state index contributed by atoms with van der Waals surface area (Å²) in [6.07, 6.45) is 2.91. The maximum atomic E-state index is 14.0. The smallest absolute Gasteiger partial charge is 0.312 e. The lowest BCUT2D eigenvalue weighted by Crippen LogP contribution is -2.59. The van der Waals surface area contributed by atoms with Crippen molar-refractivity contribution in [2.45, 2.75) is 83.7 Å². The molecule has 0 aromatic rings. The van der Waals surface area contributed by atoms with Crippen molar-refractivity contribution in [1.29, 1.82) is 0 Å². The second-order valence-corrected chi connectivity index (χ2v) is 9.89. The molecule has 2 bridgehead atoms. The summed E-state index contributed by atoms with van der Waals surface area (Å²) in [6.45, 7) is 13.7. The predicted octanol–water partition coefficient (Wildman–Crippen LogP) is 1.75. The van der Waals surface area contributed by atoms with Gasteiger partial charge in [-0.05, 0) is 46.0 Å². The highest BCUT2D eigenvalue weighted by Crippen LogP contribution is 2.59. The molecule has 0 radical (unpaired) electrons. The molecule has 0 unspecified atom stereocenters. The summed E-state index contributed by atoms with van der Waals surface area (Å²) in [6, 6.07) is -1.52. The van der Waals surface area contributed by atoms with Crippen LogP contribution in [0.25, 0.3) is 0 Å². The number of nitrogens with zero attached hydrogens (tertiary/aromatic N) is 2. The van der Waals surface area contributed by atoms with Crippen LogP contribution in [-0.2, 0) is 23.9 Å². The molecule has 0 saturated carbocycles. The first-order valence-corrected chi connectivity index (χ1v) is 11.8. The number of aliphatic hydroxyl groups is 1. The molecule has 6 atom stereocenters. The van der Waals surface area contributed by atoms with E-state index < -0.39 is 41.6 Å². The van der Waals surface area contributed by atoms with E-state index in [-0.39, 0.29) is 37.0 Å². The molecule has 0 aromatic heterocycles. The Balaban J connectivity index is 2.10. The van der Waals surface area contributed by atoms with Crippen LogP contribution in [0.5, 0.6) is 0 Å². The predicted molar refractivity (Wildman–Crippen MR) is 118 cm³/mol. The Morgan fingerprint density at radius 1 is 1.38 bits per heavy atom. The SMILES string of the molecule is C=CCN(C(=O)[C@@H]1N([C@@H](CO)CC(C)C)C(=O)[C@H]2[C@H](C(=O)OCC)[C@@H]3CC[C@]12O3)C(C)C. The van der Waals surface area contributed by atoms with E-state index in [0.717, 1.165) is 0 Å². The van der Waals surface area contributed by atoms with Crippen LogP contribution in [0.4, 0.5) is 0 Å². The van der Waals surface area contributed by atoms with E-state index in [1.54, 1.807) is 22.8 Å². The molecule has 3 rings (SSSR count). The molecule has 0 aliphatic carbocycles. The minimum absolute atomic E-state index is 0.106. The molecular formula is C24H38N2O6. The summed E-state index contributed by atoms with van der Waals surface area (Å²) in [4.78, 5) is 43.9. The highest BCUT2D eigenvalue weighted by Gasteiger charge is 2.75. The molecule has 8 nitrogen and oxygen atoms in total. The van der Waals surface area contributed by atoms with Gasteiger partial charge in [-0.1, -0.05) is 19.9 Å². The zero-order valence-corrected chi connectivity index (χ0v) is 20.0. The van der Waals surface area contributed by atoms with Gasteiger partial charge in [0.1, 0.15) is 11.6 Å². The first-order chi connectivity index (χ1) is 15.1. The first-order valence-electron chi connectivity index (χ1n) is 11.8. The Hall–Kier alpha value is -1.93. The molecule has 3 fully saturated rings. The van der Waals surface area contributed by atoms with Crippen molar-refractivity contribution in [3.05, 3.63) is 12.7 Å². The standard InChI is InChI=1S/C24H38N2O6/c1-7-11-25(15(5)6)22(29)20-24-10-9-17(32-24)18(23(30)31-8-2)19(24)21(28)26(20)16(13-27)12-14(3)4/h7,14-20,27H,1,8-13H2,2-6H3/t16-,17+,18-,19-,20+,24-/m1/s1. The third-order valence-electron chi connectivity index (χ3n) is 7.11. The van der Waals surface area contributed by atoms with Crippen LogP contribution in [0.3, 0.4) is 0 Å². The molecule has 1 N–H and O–H groups in total. The zero-order chi connectivity index (χ0) is 23.8. The van der Waals surface area contributed by atoms with Gasteiger partial charge in [0.15, 0.2) is 0 Å². The van der Waals surface area contributed by atoms with Crippen molar-refractivity contribution in [2.75, 3.05) is 19.8 Å². The lowest BCUT2D eigenvalue weighted by Gasteiger charge is -2.40. The molecular weight excluding hydrogens is 412 g/mol. The Labute approximate surface area is 190 Å². The Morgan fingerprint density at radius 3 is 2.59 bits per heavy atom. The van der Waals surface area contributed by atoms with E-state index >= 15 is 0 Å². The van der Waals surface area contributed by atoms with Crippen LogP contribution in [0.1, 0.15) is 53.9 Å².